The summed E-state index contributed by atoms with van der Waals surface area (Å²) in [6.45, 7) is 14.5. The van der Waals surface area contributed by atoms with Gasteiger partial charge in [-0.2, -0.15) is 12.8 Å². The molecule has 117 valence electrons. The van der Waals surface area contributed by atoms with E-state index in [9.17, 15) is 0 Å². The Bertz CT molecular complexity index is 199. The first-order valence-electron chi connectivity index (χ1n) is 6.66. The molecule has 0 amide bonds. The van der Waals surface area contributed by atoms with Crippen molar-refractivity contribution in [2.75, 3.05) is 13.3 Å². The third-order valence-electron chi connectivity index (χ3n) is 4.72. The van der Waals surface area contributed by atoms with Crippen LogP contribution in [0.1, 0.15) is 47.0 Å². The Morgan fingerprint density at radius 1 is 1.05 bits per heavy atom. The standard InChI is InChI=1S/C14H29P2.2CH3.2Ti/c1-10(2)14(11(3)4)8-12(15-5)7-13(9-14)16-6;;;;/h10-12,15-16H,7-9H2,1-6H3;2*1H3;;/q3*-1;;+3. The van der Waals surface area contributed by atoms with Crippen molar-refractivity contribution < 1.29 is 43.4 Å². The Morgan fingerprint density at radius 3 is 1.80 bits per heavy atom. The summed E-state index contributed by atoms with van der Waals surface area (Å²) < 4.78 is 0. The van der Waals surface area contributed by atoms with Gasteiger partial charge in [-0.05, 0) is 30.6 Å². The Morgan fingerprint density at radius 2 is 1.50 bits per heavy atom. The maximum Gasteiger partial charge on any atom is 3.00 e. The first-order chi connectivity index (χ1) is 7.46. The van der Waals surface area contributed by atoms with Gasteiger partial charge in [0.05, 0.1) is 0 Å². The molecule has 0 aromatic carbocycles. The summed E-state index contributed by atoms with van der Waals surface area (Å²) in [6, 6.07) is 0. The predicted octanol–water partition coefficient (Wildman–Crippen LogP) is 5.88. The van der Waals surface area contributed by atoms with Crippen molar-refractivity contribution in [1.82, 2.24) is 0 Å². The first kappa shape index (κ1) is 30.2. The molecule has 0 bridgehead atoms. The fourth-order valence-electron chi connectivity index (χ4n) is 3.31. The van der Waals surface area contributed by atoms with Crippen LogP contribution in [0.3, 0.4) is 0 Å². The molecule has 1 fully saturated rings. The van der Waals surface area contributed by atoms with Gasteiger partial charge in [-0.25, -0.2) is 0 Å². The fraction of sp³-hybridized carbons (Fsp3) is 0.812. The van der Waals surface area contributed by atoms with E-state index >= 15 is 0 Å². The number of hydrogen-bond donors (Lipinski definition) is 0. The van der Waals surface area contributed by atoms with Gasteiger partial charge in [0.25, 0.3) is 0 Å². The second-order valence-electron chi connectivity index (χ2n) is 5.97. The Balaban J connectivity index is -0.000000320. The summed E-state index contributed by atoms with van der Waals surface area (Å²) in [6.07, 6.45) is 4.33. The molecule has 0 aromatic heterocycles. The van der Waals surface area contributed by atoms with Crippen LogP contribution in [-0.2, 0) is 43.4 Å². The van der Waals surface area contributed by atoms with E-state index in [0.717, 1.165) is 34.7 Å². The third-order valence-corrected chi connectivity index (χ3v) is 7.04. The minimum absolute atomic E-state index is 0. The van der Waals surface area contributed by atoms with E-state index in [1.165, 1.54) is 19.3 Å². The van der Waals surface area contributed by atoms with E-state index in [0.29, 0.717) is 5.41 Å². The van der Waals surface area contributed by atoms with Crippen LogP contribution in [0.5, 0.6) is 0 Å². The number of hydrogen-bond acceptors (Lipinski definition) is 0. The zero-order chi connectivity index (χ0) is 12.3. The first-order valence-corrected chi connectivity index (χ1v) is 9.73. The zero-order valence-corrected chi connectivity index (χ0v) is 20.0. The van der Waals surface area contributed by atoms with Gasteiger partial charge in [-0.1, -0.05) is 39.8 Å². The van der Waals surface area contributed by atoms with Crippen molar-refractivity contribution in [3.63, 3.8) is 0 Å². The normalized spacial score (nSPS) is 22.5. The van der Waals surface area contributed by atoms with Gasteiger partial charge in [-0.15, -0.1) is 8.58 Å². The van der Waals surface area contributed by atoms with Crippen molar-refractivity contribution in [3.05, 3.63) is 20.5 Å². The molecule has 0 aliphatic heterocycles. The van der Waals surface area contributed by atoms with E-state index in [4.69, 9.17) is 0 Å². The fourth-order valence-corrected chi connectivity index (χ4v) is 5.51. The van der Waals surface area contributed by atoms with Gasteiger partial charge >= 0.3 is 21.7 Å². The molecule has 1 saturated carbocycles. The Kier molecular flexibility index (Phi) is 20.7. The molecule has 1 rings (SSSR count). The predicted molar refractivity (Wildman–Crippen MR) is 94.3 cm³/mol. The largest absolute Gasteiger partial charge is 3.00 e. The summed E-state index contributed by atoms with van der Waals surface area (Å²) >= 11 is 0. The zero-order valence-electron chi connectivity index (χ0n) is 14.9. The van der Waals surface area contributed by atoms with Crippen molar-refractivity contribution in [2.24, 2.45) is 17.3 Å². The van der Waals surface area contributed by atoms with Crippen LogP contribution in [0.25, 0.3) is 0 Å². The monoisotopic (exact) mass is 385 g/mol. The van der Waals surface area contributed by atoms with Gasteiger partial charge < -0.3 is 14.9 Å². The molecule has 1 radical (unpaired) electrons. The van der Waals surface area contributed by atoms with Gasteiger partial charge in [0.1, 0.15) is 0 Å². The van der Waals surface area contributed by atoms with Crippen LogP contribution in [0.15, 0.2) is 0 Å². The van der Waals surface area contributed by atoms with E-state index in [1.54, 1.807) is 0 Å². The topological polar surface area (TPSA) is 0 Å². The van der Waals surface area contributed by atoms with Crippen molar-refractivity contribution >= 4 is 17.2 Å². The van der Waals surface area contributed by atoms with E-state index in [2.05, 4.69) is 41.0 Å². The van der Waals surface area contributed by atoms with E-state index in [-0.39, 0.29) is 58.3 Å². The molecule has 0 spiro atoms. The van der Waals surface area contributed by atoms with Gasteiger partial charge in [0.2, 0.25) is 0 Å². The van der Waals surface area contributed by atoms with Crippen LogP contribution in [0.2, 0.25) is 0 Å². The van der Waals surface area contributed by atoms with Crippen LogP contribution < -0.4 is 0 Å². The minimum Gasteiger partial charge on any atom is -0.358 e. The van der Waals surface area contributed by atoms with Crippen LogP contribution in [0.4, 0.5) is 0 Å². The quantitative estimate of drug-likeness (QED) is 0.322. The number of rotatable bonds is 4. The van der Waals surface area contributed by atoms with Gasteiger partial charge in [0, 0.05) is 21.7 Å². The molecule has 3 atom stereocenters. The minimum atomic E-state index is 0. The van der Waals surface area contributed by atoms with E-state index in [1.807, 2.05) is 5.66 Å². The van der Waals surface area contributed by atoms with Gasteiger partial charge in [-0.3, -0.25) is 14.2 Å². The maximum atomic E-state index is 2.44. The Hall–Kier alpha value is 2.29. The molecule has 20 heavy (non-hydrogen) atoms. The Labute approximate surface area is 163 Å². The second-order valence-corrected chi connectivity index (χ2v) is 8.57. The molecule has 0 N–H and O–H groups in total. The van der Waals surface area contributed by atoms with Crippen LogP contribution in [0, 0.1) is 37.8 Å². The summed E-state index contributed by atoms with van der Waals surface area (Å²) in [5.41, 5.74) is 3.46. The summed E-state index contributed by atoms with van der Waals surface area (Å²) in [5, 5.41) is 0. The van der Waals surface area contributed by atoms with E-state index < -0.39 is 0 Å². The molecular weight excluding hydrogens is 350 g/mol. The molecule has 0 heterocycles. The smallest absolute Gasteiger partial charge is 0.358 e. The average Bonchev–Trinajstić information content (AvgIpc) is 2.27. The maximum absolute atomic E-state index is 2.44. The molecule has 1 aliphatic carbocycles. The summed E-state index contributed by atoms with van der Waals surface area (Å²) in [7, 11) is 2.20. The van der Waals surface area contributed by atoms with Crippen LogP contribution in [-0.4, -0.2) is 19.0 Å². The SMILES string of the molecule is CP[C-]1CC(PC)CC(C(C)C)(C(C)C)C1.[CH3-].[CH3-].[Ti+3].[Ti]. The summed E-state index contributed by atoms with van der Waals surface area (Å²) in [4.78, 5) is 0. The molecule has 1 aliphatic rings. The van der Waals surface area contributed by atoms with Crippen molar-refractivity contribution in [3.8, 4) is 0 Å². The summed E-state index contributed by atoms with van der Waals surface area (Å²) in [5.74, 6) is 1.66. The molecule has 0 saturated heterocycles. The molecule has 0 nitrogen and oxygen atoms in total. The average molecular weight is 385 g/mol. The van der Waals surface area contributed by atoms with Crippen molar-refractivity contribution in [1.29, 1.82) is 0 Å². The van der Waals surface area contributed by atoms with Crippen molar-refractivity contribution in [2.45, 2.75) is 52.6 Å². The van der Waals surface area contributed by atoms with Crippen LogP contribution >= 0.6 is 17.2 Å². The molecule has 0 aromatic rings. The molecule has 4 heteroatoms. The third kappa shape index (κ3) is 7.24. The van der Waals surface area contributed by atoms with Gasteiger partial charge in [0.15, 0.2) is 0 Å². The molecular formula is C16H35P2Ti2. The molecule has 3 unspecified atom stereocenters. The second kappa shape index (κ2) is 13.7.